The molecule has 1 aliphatic heterocycles. The van der Waals surface area contributed by atoms with E-state index in [0.717, 1.165) is 0 Å². The van der Waals surface area contributed by atoms with Gasteiger partial charge in [-0.25, -0.2) is 0 Å². The zero-order chi connectivity index (χ0) is 13.3. The minimum absolute atomic E-state index is 0.0896. The molecule has 18 heavy (non-hydrogen) atoms. The van der Waals surface area contributed by atoms with Gasteiger partial charge in [0.15, 0.2) is 0 Å². The number of carboxylic acids is 1. The van der Waals surface area contributed by atoms with E-state index >= 15 is 0 Å². The predicted octanol–water partition coefficient (Wildman–Crippen LogP) is 1.62. The minimum Gasteiger partial charge on any atom is -0.481 e. The Morgan fingerprint density at radius 1 is 1.39 bits per heavy atom. The highest BCUT2D eigenvalue weighted by atomic mass is 35.5. The molecule has 0 aliphatic carbocycles. The van der Waals surface area contributed by atoms with Crippen molar-refractivity contribution in [3.05, 3.63) is 23.0 Å². The number of aromatic nitrogens is 1. The summed E-state index contributed by atoms with van der Waals surface area (Å²) < 4.78 is 1.69. The van der Waals surface area contributed by atoms with E-state index in [0.29, 0.717) is 36.6 Å². The summed E-state index contributed by atoms with van der Waals surface area (Å²) in [5.41, 5.74) is 0.536. The van der Waals surface area contributed by atoms with E-state index < -0.39 is 5.97 Å². The van der Waals surface area contributed by atoms with Crippen LogP contribution in [0.1, 0.15) is 23.3 Å². The third-order valence-electron chi connectivity index (χ3n) is 3.32. The maximum absolute atomic E-state index is 12.2. The summed E-state index contributed by atoms with van der Waals surface area (Å²) in [7, 11) is 1.77. The number of rotatable bonds is 2. The molecule has 1 N–H and O–H groups in total. The molecule has 0 aromatic carbocycles. The van der Waals surface area contributed by atoms with Crippen LogP contribution in [0.25, 0.3) is 0 Å². The molecule has 6 heteroatoms. The molecule has 1 aromatic heterocycles. The Labute approximate surface area is 110 Å². The van der Waals surface area contributed by atoms with Gasteiger partial charge in [-0.1, -0.05) is 11.6 Å². The van der Waals surface area contributed by atoms with E-state index in [1.54, 1.807) is 28.8 Å². The van der Waals surface area contributed by atoms with Crippen molar-refractivity contribution < 1.29 is 14.7 Å². The van der Waals surface area contributed by atoms with Gasteiger partial charge in [-0.2, -0.15) is 0 Å². The molecular formula is C12H15ClN2O3. The summed E-state index contributed by atoms with van der Waals surface area (Å²) in [6, 6.07) is 1.63. The third kappa shape index (κ3) is 2.51. The average Bonchev–Trinajstić information content (AvgIpc) is 2.67. The molecule has 0 spiro atoms. The van der Waals surface area contributed by atoms with Crippen molar-refractivity contribution in [3.8, 4) is 0 Å². The summed E-state index contributed by atoms with van der Waals surface area (Å²) in [5.74, 6) is -1.19. The molecule has 1 fully saturated rings. The molecule has 2 rings (SSSR count). The van der Waals surface area contributed by atoms with Gasteiger partial charge in [0.1, 0.15) is 5.69 Å². The number of hydrogen-bond donors (Lipinski definition) is 1. The number of carbonyl (C=O) groups excluding carboxylic acids is 1. The highest BCUT2D eigenvalue weighted by Gasteiger charge is 2.28. The predicted molar refractivity (Wildman–Crippen MR) is 66.7 cm³/mol. The number of nitrogens with zero attached hydrogens (tertiary/aromatic N) is 2. The number of aliphatic carboxylic acids is 1. The van der Waals surface area contributed by atoms with E-state index in [1.165, 1.54) is 0 Å². The lowest BCUT2D eigenvalue weighted by Crippen LogP contribution is -2.40. The molecule has 0 saturated carbocycles. The van der Waals surface area contributed by atoms with Crippen LogP contribution in [0.15, 0.2) is 12.3 Å². The van der Waals surface area contributed by atoms with Gasteiger partial charge in [0.25, 0.3) is 5.91 Å². The second-order valence-electron chi connectivity index (χ2n) is 4.56. The first-order valence-electron chi connectivity index (χ1n) is 5.83. The maximum atomic E-state index is 12.2. The molecule has 1 aromatic rings. The minimum atomic E-state index is -0.774. The quantitative estimate of drug-likeness (QED) is 0.888. The highest BCUT2D eigenvalue weighted by Crippen LogP contribution is 2.20. The van der Waals surface area contributed by atoms with E-state index in [9.17, 15) is 9.59 Å². The molecule has 1 aliphatic rings. The number of aryl methyl sites for hydroxylation is 1. The van der Waals surface area contributed by atoms with E-state index in [4.69, 9.17) is 16.7 Å². The average molecular weight is 271 g/mol. The summed E-state index contributed by atoms with van der Waals surface area (Å²) >= 11 is 5.84. The fraction of sp³-hybridized carbons (Fsp3) is 0.500. The molecule has 0 bridgehead atoms. The van der Waals surface area contributed by atoms with Gasteiger partial charge in [0.2, 0.25) is 0 Å². The number of piperidine rings is 1. The van der Waals surface area contributed by atoms with Crippen LogP contribution in [-0.2, 0) is 11.8 Å². The van der Waals surface area contributed by atoms with Gasteiger partial charge in [0, 0.05) is 26.3 Å². The number of carbonyl (C=O) groups is 2. The van der Waals surface area contributed by atoms with Gasteiger partial charge in [-0.05, 0) is 18.9 Å². The molecule has 0 radical (unpaired) electrons. The van der Waals surface area contributed by atoms with E-state index in [-0.39, 0.29) is 11.8 Å². The van der Waals surface area contributed by atoms with Crippen molar-refractivity contribution >= 4 is 23.5 Å². The van der Waals surface area contributed by atoms with Crippen LogP contribution in [0.2, 0.25) is 5.02 Å². The largest absolute Gasteiger partial charge is 0.481 e. The van der Waals surface area contributed by atoms with Crippen LogP contribution < -0.4 is 0 Å². The lowest BCUT2D eigenvalue weighted by molar-refractivity contribution is -0.143. The zero-order valence-corrected chi connectivity index (χ0v) is 10.9. The van der Waals surface area contributed by atoms with E-state index in [2.05, 4.69) is 0 Å². The van der Waals surface area contributed by atoms with Gasteiger partial charge in [-0.15, -0.1) is 0 Å². The first-order chi connectivity index (χ1) is 8.49. The Bertz CT molecular complexity index is 476. The van der Waals surface area contributed by atoms with Gasteiger partial charge < -0.3 is 14.6 Å². The van der Waals surface area contributed by atoms with Gasteiger partial charge in [0.05, 0.1) is 10.9 Å². The SMILES string of the molecule is Cn1cc(Cl)cc1C(=O)N1CCC(C(=O)O)CC1. The normalized spacial score (nSPS) is 16.9. The van der Waals surface area contributed by atoms with Crippen molar-refractivity contribution in [1.82, 2.24) is 9.47 Å². The van der Waals surface area contributed by atoms with Crippen molar-refractivity contribution in [2.24, 2.45) is 13.0 Å². The Balaban J connectivity index is 2.04. The highest BCUT2D eigenvalue weighted by molar-refractivity contribution is 6.31. The van der Waals surface area contributed by atoms with Crippen molar-refractivity contribution in [3.63, 3.8) is 0 Å². The molecule has 2 heterocycles. The topological polar surface area (TPSA) is 62.5 Å². The fourth-order valence-corrected chi connectivity index (χ4v) is 2.48. The lowest BCUT2D eigenvalue weighted by Gasteiger charge is -2.30. The summed E-state index contributed by atoms with van der Waals surface area (Å²) in [6.45, 7) is 0.969. The van der Waals surface area contributed by atoms with Gasteiger partial charge in [-0.3, -0.25) is 9.59 Å². The molecule has 5 nitrogen and oxygen atoms in total. The smallest absolute Gasteiger partial charge is 0.306 e. The summed E-state index contributed by atoms with van der Waals surface area (Å²) in [6.07, 6.45) is 2.71. The standard InChI is InChI=1S/C12H15ClN2O3/c1-14-7-9(13)6-10(14)11(16)15-4-2-8(3-5-15)12(17)18/h6-8H,2-5H2,1H3,(H,17,18). The number of hydrogen-bond acceptors (Lipinski definition) is 2. The molecule has 0 unspecified atom stereocenters. The molecule has 98 valence electrons. The van der Waals surface area contributed by atoms with E-state index in [1.807, 2.05) is 0 Å². The van der Waals surface area contributed by atoms with Crippen LogP contribution in [0, 0.1) is 5.92 Å². The maximum Gasteiger partial charge on any atom is 0.306 e. The number of amides is 1. The number of halogens is 1. The van der Waals surface area contributed by atoms with Crippen LogP contribution in [0.5, 0.6) is 0 Å². The van der Waals surface area contributed by atoms with Crippen molar-refractivity contribution in [2.45, 2.75) is 12.8 Å². The van der Waals surface area contributed by atoms with Crippen LogP contribution in [-0.4, -0.2) is 39.5 Å². The van der Waals surface area contributed by atoms with Crippen molar-refractivity contribution in [2.75, 3.05) is 13.1 Å². The van der Waals surface area contributed by atoms with Crippen molar-refractivity contribution in [1.29, 1.82) is 0 Å². The Kier molecular flexibility index (Phi) is 3.61. The Hall–Kier alpha value is -1.49. The first-order valence-corrected chi connectivity index (χ1v) is 6.21. The molecule has 1 amide bonds. The molecule has 0 atom stereocenters. The second kappa shape index (κ2) is 5.02. The lowest BCUT2D eigenvalue weighted by atomic mass is 9.97. The summed E-state index contributed by atoms with van der Waals surface area (Å²) in [4.78, 5) is 24.7. The Morgan fingerprint density at radius 2 is 2.00 bits per heavy atom. The number of carboxylic acid groups (broad SMARTS) is 1. The van der Waals surface area contributed by atoms with Crippen LogP contribution >= 0.6 is 11.6 Å². The van der Waals surface area contributed by atoms with Gasteiger partial charge >= 0.3 is 5.97 Å². The van der Waals surface area contributed by atoms with Crippen LogP contribution in [0.3, 0.4) is 0 Å². The zero-order valence-electron chi connectivity index (χ0n) is 10.1. The monoisotopic (exact) mass is 270 g/mol. The van der Waals surface area contributed by atoms with Crippen LogP contribution in [0.4, 0.5) is 0 Å². The second-order valence-corrected chi connectivity index (χ2v) is 5.00. The molecular weight excluding hydrogens is 256 g/mol. The first kappa shape index (κ1) is 13.0. The fourth-order valence-electron chi connectivity index (χ4n) is 2.23. The number of likely N-dealkylation sites (tertiary alicyclic amines) is 1. The third-order valence-corrected chi connectivity index (χ3v) is 3.53. The molecule has 1 saturated heterocycles. The summed E-state index contributed by atoms with van der Waals surface area (Å²) in [5, 5.41) is 9.43. The Morgan fingerprint density at radius 3 is 2.44 bits per heavy atom.